The monoisotopic (exact) mass is 223 g/mol. The van der Waals surface area contributed by atoms with Crippen LogP contribution in [0.15, 0.2) is 30.3 Å². The number of rotatable bonds is 1. The van der Waals surface area contributed by atoms with Crippen molar-refractivity contribution in [2.24, 2.45) is 0 Å². The van der Waals surface area contributed by atoms with E-state index in [1.807, 2.05) is 0 Å². The topological polar surface area (TPSA) is 80.3 Å². The Kier molecular flexibility index (Phi) is 5.30. The summed E-state index contributed by atoms with van der Waals surface area (Å²) in [4.78, 5) is 20.6. The minimum atomic E-state index is -4.52. The van der Waals surface area contributed by atoms with E-state index in [4.69, 9.17) is 3.67 Å². The Morgan fingerprint density at radius 3 is 1.75 bits per heavy atom. The van der Waals surface area contributed by atoms with E-state index in [0.717, 1.165) is 17.4 Å². The van der Waals surface area contributed by atoms with Gasteiger partial charge in [0.2, 0.25) is 0 Å². The standard InChI is InChI=1S/C6H7O3P.O.V/c7-10(8,9)6-4-2-1-3-5-6;;/h1-5H,(H2,7,8,9);;/q;;+2/p-2. The first kappa shape index (κ1) is 11.8. The fraction of sp³-hybridized carbons (Fsp3) is 0. The molecule has 0 unspecified atom stereocenters. The van der Waals surface area contributed by atoms with Gasteiger partial charge in [-0.25, -0.2) is 0 Å². The molecule has 0 aliphatic heterocycles. The molecule has 1 rings (SSSR count). The summed E-state index contributed by atoms with van der Waals surface area (Å²) < 4.78 is 18.5. The first-order valence-corrected chi connectivity index (χ1v) is 4.98. The van der Waals surface area contributed by atoms with E-state index in [9.17, 15) is 14.4 Å². The molecule has 0 atom stereocenters. The van der Waals surface area contributed by atoms with Gasteiger partial charge in [0.1, 0.15) is 0 Å². The number of benzene rings is 1. The molecular formula is C6H5O4PV. The molecule has 1 aromatic carbocycles. The van der Waals surface area contributed by atoms with Gasteiger partial charge < -0.3 is 14.4 Å². The Balaban J connectivity index is 0.000000561. The van der Waals surface area contributed by atoms with Crippen molar-refractivity contribution < 1.29 is 35.4 Å². The molecule has 0 fully saturated rings. The maximum absolute atomic E-state index is 10.3. The fourth-order valence-electron chi connectivity index (χ4n) is 0.611. The molecule has 0 radical (unpaired) electrons. The van der Waals surface area contributed by atoms with Crippen molar-refractivity contribution in [1.82, 2.24) is 0 Å². The zero-order valence-corrected chi connectivity index (χ0v) is 8.21. The van der Waals surface area contributed by atoms with E-state index in [2.05, 4.69) is 0 Å². The zero-order chi connectivity index (χ0) is 9.61. The molecule has 0 spiro atoms. The molecule has 4 nitrogen and oxygen atoms in total. The normalized spacial score (nSPS) is 10.0. The fourth-order valence-corrected chi connectivity index (χ4v) is 1.15. The molecule has 6 heteroatoms. The molecule has 0 N–H and O–H groups in total. The van der Waals surface area contributed by atoms with Gasteiger partial charge in [0.25, 0.3) is 0 Å². The molecule has 0 aliphatic rings. The van der Waals surface area contributed by atoms with E-state index in [1.54, 1.807) is 6.07 Å². The Labute approximate surface area is 79.0 Å². The molecule has 63 valence electrons. The van der Waals surface area contributed by atoms with Crippen molar-refractivity contribution in [1.29, 1.82) is 0 Å². The third-order valence-electron chi connectivity index (χ3n) is 1.07. The summed E-state index contributed by atoms with van der Waals surface area (Å²) in [7, 11) is -4.52. The molecule has 0 bridgehead atoms. The van der Waals surface area contributed by atoms with Crippen LogP contribution >= 0.6 is 7.60 Å². The van der Waals surface area contributed by atoms with Crippen molar-refractivity contribution >= 4 is 12.9 Å². The quantitative estimate of drug-likeness (QED) is 0.578. The van der Waals surface area contributed by atoms with Gasteiger partial charge in [-0.2, -0.15) is 0 Å². The molecule has 1 aromatic rings. The Hall–Kier alpha value is -0.246. The number of hydrogen-bond donors (Lipinski definition) is 0. The second-order valence-corrected chi connectivity index (χ2v) is 3.34. The van der Waals surface area contributed by atoms with Crippen molar-refractivity contribution in [3.8, 4) is 0 Å². The van der Waals surface area contributed by atoms with Crippen LogP contribution in [0, 0.1) is 0 Å². The molecule has 0 saturated carbocycles. The minimum absolute atomic E-state index is 0.157. The average Bonchev–Trinajstić information content (AvgIpc) is 2.08. The van der Waals surface area contributed by atoms with Crippen LogP contribution in [0.3, 0.4) is 0 Å². The summed E-state index contributed by atoms with van der Waals surface area (Å²) in [6, 6.07) is 7.23. The van der Waals surface area contributed by atoms with Crippen LogP contribution in [-0.4, -0.2) is 0 Å². The van der Waals surface area contributed by atoms with E-state index in [-0.39, 0.29) is 5.30 Å². The summed E-state index contributed by atoms with van der Waals surface area (Å²) in [5.41, 5.74) is 0. The van der Waals surface area contributed by atoms with Gasteiger partial charge in [0, 0.05) is 0 Å². The molecule has 0 amide bonds. The third kappa shape index (κ3) is 3.95. The first-order valence-electron chi connectivity index (χ1n) is 2.86. The summed E-state index contributed by atoms with van der Waals surface area (Å²) in [5.74, 6) is 0. The van der Waals surface area contributed by atoms with Crippen molar-refractivity contribution in [3.05, 3.63) is 30.3 Å². The summed E-state index contributed by atoms with van der Waals surface area (Å²) in [5, 5.41) is -0.157. The Morgan fingerprint density at radius 2 is 1.50 bits per heavy atom. The van der Waals surface area contributed by atoms with Gasteiger partial charge in [-0.1, -0.05) is 30.3 Å². The van der Waals surface area contributed by atoms with Crippen LogP contribution in [0.5, 0.6) is 0 Å². The molecule has 0 heterocycles. The summed E-state index contributed by atoms with van der Waals surface area (Å²) >= 11 is 1.06. The zero-order valence-electron chi connectivity index (χ0n) is 5.91. The van der Waals surface area contributed by atoms with Gasteiger partial charge in [-0.05, 0) is 12.9 Å². The maximum atomic E-state index is 10.3. The van der Waals surface area contributed by atoms with Gasteiger partial charge >= 0.3 is 21.0 Å². The van der Waals surface area contributed by atoms with Crippen LogP contribution in [-0.2, 0) is 25.6 Å². The van der Waals surface area contributed by atoms with Crippen LogP contribution in [0.1, 0.15) is 0 Å². The van der Waals surface area contributed by atoms with E-state index in [0.29, 0.717) is 0 Å². The molecule has 0 saturated heterocycles. The van der Waals surface area contributed by atoms with Crippen molar-refractivity contribution in [3.63, 3.8) is 0 Å². The first-order chi connectivity index (χ1) is 5.61. The SMILES string of the molecule is O=P([O-])([O-])c1ccccc1.[O]=[V+2]. The van der Waals surface area contributed by atoms with Gasteiger partial charge in [-0.15, -0.1) is 0 Å². The van der Waals surface area contributed by atoms with Gasteiger partial charge in [-0.3, -0.25) is 0 Å². The predicted octanol–water partition coefficient (Wildman–Crippen LogP) is -0.896. The summed E-state index contributed by atoms with van der Waals surface area (Å²) in [6.07, 6.45) is 0. The van der Waals surface area contributed by atoms with E-state index < -0.39 is 7.60 Å². The predicted molar refractivity (Wildman–Crippen MR) is 34.4 cm³/mol. The Bertz CT molecular complexity index is 270. The van der Waals surface area contributed by atoms with Crippen LogP contribution in [0.2, 0.25) is 0 Å². The van der Waals surface area contributed by atoms with Crippen LogP contribution in [0.4, 0.5) is 0 Å². The molecule has 12 heavy (non-hydrogen) atoms. The van der Waals surface area contributed by atoms with Gasteiger partial charge in [0.05, 0.1) is 0 Å². The third-order valence-corrected chi connectivity index (χ3v) is 2.00. The molecular weight excluding hydrogens is 218 g/mol. The van der Waals surface area contributed by atoms with E-state index in [1.165, 1.54) is 24.3 Å². The van der Waals surface area contributed by atoms with Gasteiger partial charge in [0.15, 0.2) is 0 Å². The Morgan fingerprint density at radius 1 is 1.08 bits per heavy atom. The average molecular weight is 223 g/mol. The molecule has 0 aliphatic carbocycles. The van der Waals surface area contributed by atoms with Crippen LogP contribution < -0.4 is 15.1 Å². The van der Waals surface area contributed by atoms with Crippen molar-refractivity contribution in [2.75, 3.05) is 0 Å². The molecule has 0 aromatic heterocycles. The van der Waals surface area contributed by atoms with E-state index >= 15 is 0 Å². The second-order valence-electron chi connectivity index (χ2n) is 1.83. The summed E-state index contributed by atoms with van der Waals surface area (Å²) in [6.45, 7) is 0. The number of hydrogen-bond acceptors (Lipinski definition) is 4. The van der Waals surface area contributed by atoms with Crippen LogP contribution in [0.25, 0.3) is 0 Å². The van der Waals surface area contributed by atoms with Crippen molar-refractivity contribution in [2.45, 2.75) is 0 Å². The second kappa shape index (κ2) is 5.41.